The molecule has 1 saturated heterocycles. The van der Waals surface area contributed by atoms with Gasteiger partial charge in [0.2, 0.25) is 0 Å². The average Bonchev–Trinajstić information content (AvgIpc) is 3.23. The van der Waals surface area contributed by atoms with Gasteiger partial charge in [-0.25, -0.2) is 0 Å². The molecule has 1 atom stereocenters. The fourth-order valence-corrected chi connectivity index (χ4v) is 5.77. The zero-order chi connectivity index (χ0) is 23.8. The van der Waals surface area contributed by atoms with Gasteiger partial charge in [0, 0.05) is 12.5 Å². The number of phenols is 1. The topological polar surface area (TPSA) is 41.9 Å². The zero-order valence-corrected chi connectivity index (χ0v) is 20.2. The molecule has 178 valence electrons. The number of methoxy groups -OCH3 is 1. The van der Waals surface area contributed by atoms with Crippen molar-refractivity contribution >= 4 is 10.8 Å². The number of nitrogens with zero attached hydrogens (tertiary/aromatic N) is 1. The molecule has 4 aromatic rings. The highest BCUT2D eigenvalue weighted by molar-refractivity contribution is 5.98. The summed E-state index contributed by atoms with van der Waals surface area (Å²) in [6, 6.07) is 24.9. The van der Waals surface area contributed by atoms with Crippen LogP contribution in [0.1, 0.15) is 41.9 Å². The number of piperidine rings is 1. The Hall–Kier alpha value is -3.50. The van der Waals surface area contributed by atoms with E-state index in [1.165, 1.54) is 65.6 Å². The summed E-state index contributed by atoms with van der Waals surface area (Å²) in [6.07, 6.45) is 3.97. The Morgan fingerprint density at radius 3 is 2.43 bits per heavy atom. The van der Waals surface area contributed by atoms with E-state index >= 15 is 0 Å². The first-order valence-corrected chi connectivity index (χ1v) is 12.6. The summed E-state index contributed by atoms with van der Waals surface area (Å²) < 4.78 is 11.6. The van der Waals surface area contributed by atoms with Crippen molar-refractivity contribution in [3.63, 3.8) is 0 Å². The van der Waals surface area contributed by atoms with E-state index in [0.29, 0.717) is 0 Å². The second kappa shape index (κ2) is 9.27. The smallest absolute Gasteiger partial charge is 0.119 e. The third kappa shape index (κ3) is 4.12. The Labute approximate surface area is 206 Å². The lowest BCUT2D eigenvalue weighted by molar-refractivity contribution is 0.183. The molecule has 1 fully saturated rings. The molecule has 1 heterocycles. The van der Waals surface area contributed by atoms with E-state index in [9.17, 15) is 5.11 Å². The molecule has 4 heteroatoms. The van der Waals surface area contributed by atoms with Crippen molar-refractivity contribution in [3.05, 3.63) is 89.5 Å². The molecule has 4 nitrogen and oxygen atoms in total. The molecular formula is C31H31NO3. The molecule has 0 aromatic heterocycles. The summed E-state index contributed by atoms with van der Waals surface area (Å²) in [5.74, 6) is 2.18. The minimum absolute atomic E-state index is 0.113. The Bertz CT molecular complexity index is 1360. The Kier molecular flexibility index (Phi) is 5.83. The second-order valence-corrected chi connectivity index (χ2v) is 9.64. The molecule has 6 rings (SSSR count). The molecule has 1 N–H and O–H groups in total. The Morgan fingerprint density at radius 2 is 1.63 bits per heavy atom. The summed E-state index contributed by atoms with van der Waals surface area (Å²) in [7, 11) is 1.71. The van der Waals surface area contributed by atoms with Crippen LogP contribution < -0.4 is 9.47 Å². The zero-order valence-electron chi connectivity index (χ0n) is 20.2. The average molecular weight is 466 g/mol. The summed E-state index contributed by atoms with van der Waals surface area (Å²) in [5, 5.41) is 12.3. The maximum atomic E-state index is 10.1. The fourth-order valence-electron chi connectivity index (χ4n) is 5.77. The van der Waals surface area contributed by atoms with Gasteiger partial charge in [0.25, 0.3) is 0 Å². The first kappa shape index (κ1) is 22.0. The maximum Gasteiger partial charge on any atom is 0.119 e. The number of benzene rings is 4. The van der Waals surface area contributed by atoms with Gasteiger partial charge in [0.05, 0.1) is 7.11 Å². The largest absolute Gasteiger partial charge is 0.508 e. The molecule has 0 bridgehead atoms. The van der Waals surface area contributed by atoms with E-state index in [4.69, 9.17) is 9.47 Å². The molecule has 1 aliphatic carbocycles. The molecule has 0 radical (unpaired) electrons. The van der Waals surface area contributed by atoms with E-state index in [2.05, 4.69) is 53.4 Å². The number of aromatic hydroxyl groups is 1. The number of phenolic OH excluding ortho intramolecular Hbond substituents is 1. The number of hydrogen-bond donors (Lipinski definition) is 1. The Morgan fingerprint density at radius 1 is 0.829 bits per heavy atom. The van der Waals surface area contributed by atoms with Crippen LogP contribution in [-0.4, -0.2) is 43.4 Å². The molecule has 4 aromatic carbocycles. The van der Waals surface area contributed by atoms with Gasteiger partial charge in [0.15, 0.2) is 0 Å². The van der Waals surface area contributed by atoms with Crippen LogP contribution in [-0.2, 0) is 0 Å². The number of likely N-dealkylation sites (tertiary alicyclic amines) is 1. The van der Waals surface area contributed by atoms with E-state index < -0.39 is 0 Å². The number of rotatable bonds is 6. The maximum absolute atomic E-state index is 10.1. The van der Waals surface area contributed by atoms with Gasteiger partial charge in [-0.15, -0.1) is 0 Å². The summed E-state index contributed by atoms with van der Waals surface area (Å²) in [6.45, 7) is 4.10. The van der Waals surface area contributed by atoms with Gasteiger partial charge < -0.3 is 14.6 Å². The number of hydrogen-bond acceptors (Lipinski definition) is 4. The lowest BCUT2D eigenvalue weighted by atomic mass is 9.86. The molecule has 1 aliphatic heterocycles. The first-order valence-electron chi connectivity index (χ1n) is 12.6. The molecule has 0 amide bonds. The standard InChI is InChI=1S/C31H31NO3/c1-34-25-11-14-27-29(20-25)28-12-7-22-19-23(33)8-13-26(22)31(28)30(27)21-5-9-24(10-6-21)35-18-17-32-15-3-2-4-16-32/h5-14,19-20,30,33H,2-4,15-18H2,1H3. The van der Waals surface area contributed by atoms with Gasteiger partial charge in [-0.05, 0) is 101 Å². The lowest BCUT2D eigenvalue weighted by Crippen LogP contribution is -2.33. The van der Waals surface area contributed by atoms with Crippen molar-refractivity contribution in [2.75, 3.05) is 33.4 Å². The Balaban J connectivity index is 1.33. The highest BCUT2D eigenvalue weighted by Crippen LogP contribution is 2.51. The summed E-state index contributed by atoms with van der Waals surface area (Å²) >= 11 is 0. The number of ether oxygens (including phenoxy) is 2. The lowest BCUT2D eigenvalue weighted by Gasteiger charge is -2.26. The summed E-state index contributed by atoms with van der Waals surface area (Å²) in [5.41, 5.74) is 6.23. The van der Waals surface area contributed by atoms with Crippen LogP contribution in [0.5, 0.6) is 17.2 Å². The van der Waals surface area contributed by atoms with E-state index in [1.54, 1.807) is 13.2 Å². The molecule has 2 aliphatic rings. The minimum Gasteiger partial charge on any atom is -0.508 e. The van der Waals surface area contributed by atoms with Gasteiger partial charge in [-0.3, -0.25) is 4.90 Å². The molecular weight excluding hydrogens is 434 g/mol. The van der Waals surface area contributed by atoms with Crippen LogP contribution in [0.25, 0.3) is 21.9 Å². The van der Waals surface area contributed by atoms with Crippen molar-refractivity contribution in [1.29, 1.82) is 0 Å². The minimum atomic E-state index is 0.113. The van der Waals surface area contributed by atoms with Crippen LogP contribution in [0.15, 0.2) is 72.8 Å². The SMILES string of the molecule is COc1ccc2c(c1)-c1ccc3cc(O)ccc3c1C2c1ccc(OCCN2CCCCC2)cc1. The van der Waals surface area contributed by atoms with Crippen molar-refractivity contribution in [2.45, 2.75) is 25.2 Å². The van der Waals surface area contributed by atoms with E-state index in [0.717, 1.165) is 30.0 Å². The normalized spacial score (nSPS) is 17.2. The van der Waals surface area contributed by atoms with Crippen LogP contribution >= 0.6 is 0 Å². The fraction of sp³-hybridized carbons (Fsp3) is 0.290. The molecule has 1 unspecified atom stereocenters. The third-order valence-corrected chi connectivity index (χ3v) is 7.53. The van der Waals surface area contributed by atoms with Crippen molar-refractivity contribution in [3.8, 4) is 28.4 Å². The highest BCUT2D eigenvalue weighted by Gasteiger charge is 2.32. The van der Waals surface area contributed by atoms with Gasteiger partial charge in [-0.1, -0.05) is 42.8 Å². The van der Waals surface area contributed by atoms with Gasteiger partial charge >= 0.3 is 0 Å². The van der Waals surface area contributed by atoms with E-state index in [-0.39, 0.29) is 11.7 Å². The van der Waals surface area contributed by atoms with Crippen molar-refractivity contribution in [2.24, 2.45) is 0 Å². The van der Waals surface area contributed by atoms with Crippen LogP contribution in [0.4, 0.5) is 0 Å². The molecule has 35 heavy (non-hydrogen) atoms. The predicted octanol–water partition coefficient (Wildman–Crippen LogP) is 6.58. The third-order valence-electron chi connectivity index (χ3n) is 7.53. The van der Waals surface area contributed by atoms with E-state index in [1.807, 2.05) is 18.2 Å². The second-order valence-electron chi connectivity index (χ2n) is 9.64. The predicted molar refractivity (Wildman–Crippen MR) is 141 cm³/mol. The van der Waals surface area contributed by atoms with Gasteiger partial charge in [-0.2, -0.15) is 0 Å². The first-order chi connectivity index (χ1) is 17.2. The van der Waals surface area contributed by atoms with Crippen LogP contribution in [0.2, 0.25) is 0 Å². The van der Waals surface area contributed by atoms with Crippen LogP contribution in [0.3, 0.4) is 0 Å². The van der Waals surface area contributed by atoms with Crippen LogP contribution in [0, 0.1) is 0 Å². The van der Waals surface area contributed by atoms with Gasteiger partial charge in [0.1, 0.15) is 23.9 Å². The quantitative estimate of drug-likeness (QED) is 0.308. The summed E-state index contributed by atoms with van der Waals surface area (Å²) in [4.78, 5) is 2.50. The van der Waals surface area contributed by atoms with Crippen molar-refractivity contribution in [1.82, 2.24) is 4.90 Å². The van der Waals surface area contributed by atoms with Crippen molar-refractivity contribution < 1.29 is 14.6 Å². The highest BCUT2D eigenvalue weighted by atomic mass is 16.5. The monoisotopic (exact) mass is 465 g/mol. The molecule has 0 spiro atoms. The number of fused-ring (bicyclic) bond motifs is 5. The molecule has 0 saturated carbocycles.